The van der Waals surface area contributed by atoms with E-state index in [0.717, 1.165) is 6.42 Å². The van der Waals surface area contributed by atoms with Gasteiger partial charge in [0.05, 0.1) is 0 Å². The van der Waals surface area contributed by atoms with Crippen molar-refractivity contribution in [3.8, 4) is 0 Å². The Labute approximate surface area is 97.9 Å². The van der Waals surface area contributed by atoms with E-state index in [1.165, 1.54) is 27.8 Å². The Morgan fingerprint density at radius 1 is 0.750 bits per heavy atom. The van der Waals surface area contributed by atoms with Gasteiger partial charge in [-0.15, -0.1) is 0 Å². The van der Waals surface area contributed by atoms with Crippen LogP contribution >= 0.6 is 0 Å². The summed E-state index contributed by atoms with van der Waals surface area (Å²) in [5.74, 6) is 0. The lowest BCUT2D eigenvalue weighted by Gasteiger charge is -2.09. The molecule has 0 aliphatic rings. The van der Waals surface area contributed by atoms with Crippen molar-refractivity contribution in [2.24, 2.45) is 0 Å². The van der Waals surface area contributed by atoms with Gasteiger partial charge in [-0.25, -0.2) is 0 Å². The number of hydrogen-bond donors (Lipinski definition) is 0. The molecule has 16 heavy (non-hydrogen) atoms. The van der Waals surface area contributed by atoms with Gasteiger partial charge in [-0.1, -0.05) is 48.0 Å². The zero-order valence-electron chi connectivity index (χ0n) is 10.2. The van der Waals surface area contributed by atoms with Crippen molar-refractivity contribution in [2.45, 2.75) is 27.2 Å². The van der Waals surface area contributed by atoms with Gasteiger partial charge in [0.1, 0.15) is 0 Å². The minimum absolute atomic E-state index is 1.04. The summed E-state index contributed by atoms with van der Waals surface area (Å²) in [5.41, 5.74) is 6.96. The second-order valence-electron chi connectivity index (χ2n) is 4.53. The third-order valence-electron chi connectivity index (χ3n) is 3.14. The summed E-state index contributed by atoms with van der Waals surface area (Å²) >= 11 is 0. The topological polar surface area (TPSA) is 0 Å². The first-order valence-electron chi connectivity index (χ1n) is 5.77. The van der Waals surface area contributed by atoms with Crippen LogP contribution in [0.25, 0.3) is 0 Å². The van der Waals surface area contributed by atoms with Gasteiger partial charge in [-0.2, -0.15) is 0 Å². The summed E-state index contributed by atoms with van der Waals surface area (Å²) in [4.78, 5) is 0. The van der Waals surface area contributed by atoms with E-state index in [1.807, 2.05) is 0 Å². The first kappa shape index (κ1) is 10.9. The summed E-state index contributed by atoms with van der Waals surface area (Å²) in [6.45, 7) is 6.52. The van der Waals surface area contributed by atoms with Gasteiger partial charge >= 0.3 is 0 Å². The predicted molar refractivity (Wildman–Crippen MR) is 69.9 cm³/mol. The molecule has 0 saturated carbocycles. The van der Waals surface area contributed by atoms with Gasteiger partial charge in [0.2, 0.25) is 0 Å². The molecule has 0 atom stereocenters. The Kier molecular flexibility index (Phi) is 3.09. The van der Waals surface area contributed by atoms with Crippen LogP contribution in [-0.4, -0.2) is 0 Å². The molecule has 0 amide bonds. The highest BCUT2D eigenvalue weighted by atomic mass is 14.1. The van der Waals surface area contributed by atoms with Crippen molar-refractivity contribution in [3.05, 3.63) is 70.3 Å². The van der Waals surface area contributed by atoms with E-state index in [2.05, 4.69) is 63.2 Å². The zero-order chi connectivity index (χ0) is 11.5. The molecular formula is C16H18. The normalized spacial score (nSPS) is 10.4. The highest BCUT2D eigenvalue weighted by molar-refractivity contribution is 5.37. The van der Waals surface area contributed by atoms with E-state index in [0.29, 0.717) is 0 Å². The van der Waals surface area contributed by atoms with Crippen molar-refractivity contribution in [2.75, 3.05) is 0 Å². The lowest BCUT2D eigenvalue weighted by Crippen LogP contribution is -1.94. The molecular weight excluding hydrogens is 192 g/mol. The maximum absolute atomic E-state index is 2.26. The monoisotopic (exact) mass is 210 g/mol. The lowest BCUT2D eigenvalue weighted by molar-refractivity contribution is 1.12. The Morgan fingerprint density at radius 2 is 1.44 bits per heavy atom. The summed E-state index contributed by atoms with van der Waals surface area (Å²) in [7, 11) is 0. The Morgan fingerprint density at radius 3 is 2.12 bits per heavy atom. The summed E-state index contributed by atoms with van der Waals surface area (Å²) in [6.07, 6.45) is 1.04. The second kappa shape index (κ2) is 4.52. The standard InChI is InChI=1S/C16H18/c1-12-8-9-16(14(3)10-12)11-15-7-5-4-6-13(15)2/h4-10H,11H2,1-3H3. The lowest BCUT2D eigenvalue weighted by atomic mass is 9.96. The predicted octanol–water partition coefficient (Wildman–Crippen LogP) is 4.20. The molecule has 0 radical (unpaired) electrons. The Bertz CT molecular complexity index is 495. The summed E-state index contributed by atoms with van der Waals surface area (Å²) < 4.78 is 0. The minimum Gasteiger partial charge on any atom is -0.0620 e. The van der Waals surface area contributed by atoms with Gasteiger partial charge in [0.15, 0.2) is 0 Å². The molecule has 0 aliphatic carbocycles. The maximum Gasteiger partial charge on any atom is -0.00205 e. The highest BCUT2D eigenvalue weighted by Crippen LogP contribution is 2.17. The van der Waals surface area contributed by atoms with Crippen molar-refractivity contribution in [1.29, 1.82) is 0 Å². The summed E-state index contributed by atoms with van der Waals surface area (Å²) in [5, 5.41) is 0. The highest BCUT2D eigenvalue weighted by Gasteiger charge is 2.02. The van der Waals surface area contributed by atoms with E-state index in [1.54, 1.807) is 0 Å². The molecule has 82 valence electrons. The Hall–Kier alpha value is -1.56. The van der Waals surface area contributed by atoms with E-state index < -0.39 is 0 Å². The van der Waals surface area contributed by atoms with Crippen molar-refractivity contribution >= 4 is 0 Å². The van der Waals surface area contributed by atoms with Crippen LogP contribution < -0.4 is 0 Å². The van der Waals surface area contributed by atoms with E-state index >= 15 is 0 Å². The average Bonchev–Trinajstić information content (AvgIpc) is 2.25. The van der Waals surface area contributed by atoms with Crippen LogP contribution in [0.4, 0.5) is 0 Å². The van der Waals surface area contributed by atoms with Crippen LogP contribution in [-0.2, 0) is 6.42 Å². The molecule has 0 N–H and O–H groups in total. The quantitative estimate of drug-likeness (QED) is 0.696. The minimum atomic E-state index is 1.04. The van der Waals surface area contributed by atoms with Gasteiger partial charge in [0, 0.05) is 0 Å². The third-order valence-corrected chi connectivity index (χ3v) is 3.14. The molecule has 0 nitrogen and oxygen atoms in total. The molecule has 0 bridgehead atoms. The fraction of sp³-hybridized carbons (Fsp3) is 0.250. The SMILES string of the molecule is Cc1ccc(Cc2ccccc2C)c(C)c1. The molecule has 0 fully saturated rings. The van der Waals surface area contributed by atoms with Crippen LogP contribution in [0.1, 0.15) is 27.8 Å². The van der Waals surface area contributed by atoms with Crippen LogP contribution in [0.15, 0.2) is 42.5 Å². The zero-order valence-corrected chi connectivity index (χ0v) is 10.2. The van der Waals surface area contributed by atoms with Crippen molar-refractivity contribution in [1.82, 2.24) is 0 Å². The first-order chi connectivity index (χ1) is 7.66. The molecule has 0 unspecified atom stereocenters. The molecule has 0 spiro atoms. The van der Waals surface area contributed by atoms with E-state index in [9.17, 15) is 0 Å². The van der Waals surface area contributed by atoms with Crippen LogP contribution in [0.3, 0.4) is 0 Å². The van der Waals surface area contributed by atoms with Crippen LogP contribution in [0, 0.1) is 20.8 Å². The van der Waals surface area contributed by atoms with Gasteiger partial charge in [-0.3, -0.25) is 0 Å². The van der Waals surface area contributed by atoms with Crippen molar-refractivity contribution in [3.63, 3.8) is 0 Å². The number of benzene rings is 2. The number of rotatable bonds is 2. The molecule has 0 heterocycles. The summed E-state index contributed by atoms with van der Waals surface area (Å²) in [6, 6.07) is 15.3. The van der Waals surface area contributed by atoms with Crippen LogP contribution in [0.2, 0.25) is 0 Å². The maximum atomic E-state index is 2.26. The fourth-order valence-corrected chi connectivity index (χ4v) is 2.06. The molecule has 0 aromatic heterocycles. The Balaban J connectivity index is 2.31. The number of aryl methyl sites for hydroxylation is 3. The fourth-order valence-electron chi connectivity index (χ4n) is 2.06. The largest absolute Gasteiger partial charge is 0.0620 e. The molecule has 2 rings (SSSR count). The first-order valence-corrected chi connectivity index (χ1v) is 5.77. The molecule has 0 saturated heterocycles. The third kappa shape index (κ3) is 2.33. The van der Waals surface area contributed by atoms with Gasteiger partial charge in [0.25, 0.3) is 0 Å². The second-order valence-corrected chi connectivity index (χ2v) is 4.53. The van der Waals surface area contributed by atoms with E-state index in [4.69, 9.17) is 0 Å². The molecule has 0 aliphatic heterocycles. The average molecular weight is 210 g/mol. The van der Waals surface area contributed by atoms with Crippen LogP contribution in [0.5, 0.6) is 0 Å². The molecule has 2 aromatic carbocycles. The van der Waals surface area contributed by atoms with Gasteiger partial charge < -0.3 is 0 Å². The number of hydrogen-bond acceptors (Lipinski definition) is 0. The van der Waals surface area contributed by atoms with Gasteiger partial charge in [-0.05, 0) is 49.4 Å². The molecule has 2 aromatic rings. The smallest absolute Gasteiger partial charge is 0.00205 e. The van der Waals surface area contributed by atoms with Crippen molar-refractivity contribution < 1.29 is 0 Å². The molecule has 0 heteroatoms. The van der Waals surface area contributed by atoms with E-state index in [-0.39, 0.29) is 0 Å².